The van der Waals surface area contributed by atoms with E-state index in [1.165, 1.54) is 44.5 Å². The molecule has 1 fully saturated rings. The third-order valence-electron chi connectivity index (χ3n) is 4.72. The van der Waals surface area contributed by atoms with Gasteiger partial charge < -0.3 is 10.2 Å². The molecule has 0 saturated carbocycles. The van der Waals surface area contributed by atoms with Gasteiger partial charge in [-0.2, -0.15) is 0 Å². The Labute approximate surface area is 130 Å². The summed E-state index contributed by atoms with van der Waals surface area (Å²) in [6.45, 7) is 10.8. The van der Waals surface area contributed by atoms with E-state index < -0.39 is 0 Å². The molecule has 0 bridgehead atoms. The summed E-state index contributed by atoms with van der Waals surface area (Å²) in [5.74, 6) is 0.809. The van der Waals surface area contributed by atoms with Crippen LogP contribution in [-0.2, 0) is 6.42 Å². The smallest absolute Gasteiger partial charge is 0.00818 e. The van der Waals surface area contributed by atoms with Crippen LogP contribution in [0.1, 0.15) is 45.6 Å². The van der Waals surface area contributed by atoms with E-state index in [4.69, 9.17) is 0 Å². The summed E-state index contributed by atoms with van der Waals surface area (Å²) in [7, 11) is 0. The van der Waals surface area contributed by atoms with Crippen LogP contribution in [0.25, 0.3) is 0 Å². The fourth-order valence-electron chi connectivity index (χ4n) is 3.63. The summed E-state index contributed by atoms with van der Waals surface area (Å²) in [5, 5.41) is 3.83. The molecule has 2 nitrogen and oxygen atoms in total. The summed E-state index contributed by atoms with van der Waals surface area (Å²) >= 11 is 0. The molecule has 1 aliphatic rings. The molecule has 1 aromatic rings. The van der Waals surface area contributed by atoms with Gasteiger partial charge in [0.15, 0.2) is 0 Å². The van der Waals surface area contributed by atoms with Gasteiger partial charge in [-0.15, -0.1) is 0 Å². The first-order chi connectivity index (χ1) is 10.2. The minimum absolute atomic E-state index is 0.545. The molecule has 0 radical (unpaired) electrons. The topological polar surface area (TPSA) is 15.3 Å². The first kappa shape index (κ1) is 16.5. The second kappa shape index (κ2) is 8.55. The van der Waals surface area contributed by atoms with Gasteiger partial charge in [0, 0.05) is 18.6 Å². The molecule has 1 N–H and O–H groups in total. The Morgan fingerprint density at radius 3 is 2.71 bits per heavy atom. The second-order valence-corrected chi connectivity index (χ2v) is 6.75. The molecular formula is C19H32N2. The summed E-state index contributed by atoms with van der Waals surface area (Å²) in [6, 6.07) is 12.0. The van der Waals surface area contributed by atoms with Crippen molar-refractivity contribution in [3.05, 3.63) is 35.9 Å². The Morgan fingerprint density at radius 1 is 1.24 bits per heavy atom. The van der Waals surface area contributed by atoms with Crippen molar-refractivity contribution in [1.29, 1.82) is 0 Å². The lowest BCUT2D eigenvalue weighted by molar-refractivity contribution is 0.147. The average molecular weight is 288 g/mol. The highest BCUT2D eigenvalue weighted by Crippen LogP contribution is 2.20. The number of nitrogens with zero attached hydrogens (tertiary/aromatic N) is 1. The monoisotopic (exact) mass is 288 g/mol. The van der Waals surface area contributed by atoms with Crippen molar-refractivity contribution in [2.24, 2.45) is 5.92 Å². The van der Waals surface area contributed by atoms with Crippen molar-refractivity contribution in [3.8, 4) is 0 Å². The van der Waals surface area contributed by atoms with E-state index in [2.05, 4.69) is 61.3 Å². The van der Waals surface area contributed by atoms with Crippen LogP contribution < -0.4 is 5.32 Å². The average Bonchev–Trinajstić information content (AvgIpc) is 2.48. The number of hydrogen-bond donors (Lipinski definition) is 1. The molecule has 2 rings (SSSR count). The van der Waals surface area contributed by atoms with E-state index >= 15 is 0 Å². The SMILES string of the molecule is CCCN1CCCC(C(C)NC(C)Cc2ccccc2)C1. The number of rotatable bonds is 7. The number of nitrogens with one attached hydrogen (secondary N) is 1. The van der Waals surface area contributed by atoms with Gasteiger partial charge in [0.05, 0.1) is 0 Å². The lowest BCUT2D eigenvalue weighted by Gasteiger charge is -2.37. The van der Waals surface area contributed by atoms with Crippen LogP contribution in [0.4, 0.5) is 0 Å². The summed E-state index contributed by atoms with van der Waals surface area (Å²) in [6.07, 6.45) is 5.14. The molecular weight excluding hydrogens is 256 g/mol. The summed E-state index contributed by atoms with van der Waals surface area (Å²) < 4.78 is 0. The predicted octanol–water partition coefficient (Wildman–Crippen LogP) is 3.72. The second-order valence-electron chi connectivity index (χ2n) is 6.75. The molecule has 3 unspecified atom stereocenters. The van der Waals surface area contributed by atoms with Crippen LogP contribution in [0.5, 0.6) is 0 Å². The molecule has 1 aliphatic heterocycles. The minimum atomic E-state index is 0.545. The molecule has 0 amide bonds. The van der Waals surface area contributed by atoms with Crippen LogP contribution in [0.15, 0.2) is 30.3 Å². The molecule has 1 aromatic carbocycles. The third-order valence-corrected chi connectivity index (χ3v) is 4.72. The zero-order chi connectivity index (χ0) is 15.1. The molecule has 1 heterocycles. The molecule has 21 heavy (non-hydrogen) atoms. The number of piperidine rings is 1. The van der Waals surface area contributed by atoms with Crippen molar-refractivity contribution >= 4 is 0 Å². The van der Waals surface area contributed by atoms with Gasteiger partial charge in [-0.1, -0.05) is 37.3 Å². The molecule has 3 atom stereocenters. The number of benzene rings is 1. The largest absolute Gasteiger partial charge is 0.311 e. The molecule has 0 spiro atoms. The first-order valence-electron chi connectivity index (χ1n) is 8.71. The van der Waals surface area contributed by atoms with E-state index in [0.29, 0.717) is 12.1 Å². The minimum Gasteiger partial charge on any atom is -0.311 e. The van der Waals surface area contributed by atoms with Crippen molar-refractivity contribution in [2.45, 2.75) is 58.5 Å². The van der Waals surface area contributed by atoms with E-state index in [1.807, 2.05) is 0 Å². The van der Waals surface area contributed by atoms with E-state index in [9.17, 15) is 0 Å². The Balaban J connectivity index is 1.78. The van der Waals surface area contributed by atoms with Gasteiger partial charge in [0.2, 0.25) is 0 Å². The van der Waals surface area contributed by atoms with Gasteiger partial charge in [-0.05, 0) is 64.1 Å². The third kappa shape index (κ3) is 5.44. The fourth-order valence-corrected chi connectivity index (χ4v) is 3.63. The fraction of sp³-hybridized carbons (Fsp3) is 0.684. The van der Waals surface area contributed by atoms with Crippen LogP contribution in [0.2, 0.25) is 0 Å². The molecule has 0 aromatic heterocycles. The normalized spacial score (nSPS) is 22.9. The number of hydrogen-bond acceptors (Lipinski definition) is 2. The highest BCUT2D eigenvalue weighted by atomic mass is 15.1. The zero-order valence-corrected chi connectivity index (χ0v) is 14.0. The van der Waals surface area contributed by atoms with Gasteiger partial charge in [-0.25, -0.2) is 0 Å². The maximum atomic E-state index is 3.83. The van der Waals surface area contributed by atoms with Gasteiger partial charge in [0.25, 0.3) is 0 Å². The quantitative estimate of drug-likeness (QED) is 0.822. The maximum Gasteiger partial charge on any atom is 0.00818 e. The van der Waals surface area contributed by atoms with Crippen molar-refractivity contribution in [1.82, 2.24) is 10.2 Å². The zero-order valence-electron chi connectivity index (χ0n) is 14.0. The van der Waals surface area contributed by atoms with Gasteiger partial charge in [0.1, 0.15) is 0 Å². The van der Waals surface area contributed by atoms with E-state index in [0.717, 1.165) is 12.3 Å². The molecule has 118 valence electrons. The van der Waals surface area contributed by atoms with E-state index in [1.54, 1.807) is 0 Å². The first-order valence-corrected chi connectivity index (χ1v) is 8.71. The van der Waals surface area contributed by atoms with Crippen molar-refractivity contribution < 1.29 is 0 Å². The van der Waals surface area contributed by atoms with Crippen LogP contribution in [0, 0.1) is 5.92 Å². The van der Waals surface area contributed by atoms with Gasteiger partial charge in [-0.3, -0.25) is 0 Å². The Kier molecular flexibility index (Phi) is 6.72. The number of likely N-dealkylation sites (tertiary alicyclic amines) is 1. The Morgan fingerprint density at radius 2 is 2.00 bits per heavy atom. The lowest BCUT2D eigenvalue weighted by Crippen LogP contribution is -2.47. The maximum absolute atomic E-state index is 3.83. The summed E-state index contributed by atoms with van der Waals surface area (Å²) in [5.41, 5.74) is 1.43. The van der Waals surface area contributed by atoms with Gasteiger partial charge >= 0.3 is 0 Å². The molecule has 2 heteroatoms. The van der Waals surface area contributed by atoms with Crippen molar-refractivity contribution in [2.75, 3.05) is 19.6 Å². The molecule has 1 saturated heterocycles. The van der Waals surface area contributed by atoms with Crippen LogP contribution >= 0.6 is 0 Å². The van der Waals surface area contributed by atoms with Crippen LogP contribution in [0.3, 0.4) is 0 Å². The Bertz CT molecular complexity index is 388. The lowest BCUT2D eigenvalue weighted by atomic mass is 9.90. The van der Waals surface area contributed by atoms with Crippen LogP contribution in [-0.4, -0.2) is 36.6 Å². The highest BCUT2D eigenvalue weighted by molar-refractivity contribution is 5.15. The van der Waals surface area contributed by atoms with E-state index in [-0.39, 0.29) is 0 Å². The standard InChI is InChI=1S/C19H32N2/c1-4-12-21-13-8-11-19(15-21)17(3)20-16(2)14-18-9-6-5-7-10-18/h5-7,9-10,16-17,19-20H,4,8,11-15H2,1-3H3. The highest BCUT2D eigenvalue weighted by Gasteiger charge is 2.24. The Hall–Kier alpha value is -0.860. The summed E-state index contributed by atoms with van der Waals surface area (Å²) in [4.78, 5) is 2.65. The predicted molar refractivity (Wildman–Crippen MR) is 91.7 cm³/mol. The van der Waals surface area contributed by atoms with Crippen molar-refractivity contribution in [3.63, 3.8) is 0 Å². The molecule has 0 aliphatic carbocycles.